The molecule has 0 N–H and O–H groups in total. The van der Waals surface area contributed by atoms with Crippen LogP contribution in [0.15, 0.2) is 47.0 Å². The molecular formula is C22H24F2N2O. The second-order valence-corrected chi connectivity index (χ2v) is 7.51. The van der Waals surface area contributed by atoms with Gasteiger partial charge in [0.05, 0.1) is 5.69 Å². The predicted octanol–water partition coefficient (Wildman–Crippen LogP) is 5.34. The van der Waals surface area contributed by atoms with Crippen molar-refractivity contribution in [1.29, 1.82) is 0 Å². The molecular weight excluding hydrogens is 346 g/mol. The fraction of sp³-hybridized carbons (Fsp3) is 0.409. The summed E-state index contributed by atoms with van der Waals surface area (Å²) in [4.78, 5) is 2.45. The molecule has 1 saturated heterocycles. The molecule has 0 spiro atoms. The number of rotatable bonds is 6. The molecule has 27 heavy (non-hydrogen) atoms. The van der Waals surface area contributed by atoms with Crippen molar-refractivity contribution in [3.05, 3.63) is 65.4 Å². The summed E-state index contributed by atoms with van der Waals surface area (Å²) in [6.45, 7) is 3.08. The highest BCUT2D eigenvalue weighted by molar-refractivity contribution is 5.79. The molecule has 3 aromatic rings. The monoisotopic (exact) mass is 370 g/mol. The average Bonchev–Trinajstić information content (AvgIpc) is 3.07. The lowest BCUT2D eigenvalue weighted by Gasteiger charge is -2.32. The van der Waals surface area contributed by atoms with Gasteiger partial charge in [0.25, 0.3) is 0 Å². The summed E-state index contributed by atoms with van der Waals surface area (Å²) in [7, 11) is 0. The number of hydrogen-bond acceptors (Lipinski definition) is 3. The smallest absolute Gasteiger partial charge is 0.170 e. The zero-order chi connectivity index (χ0) is 18.6. The number of benzene rings is 2. The molecule has 0 unspecified atom stereocenters. The largest absolute Gasteiger partial charge is 0.356 e. The van der Waals surface area contributed by atoms with Gasteiger partial charge in [-0.05, 0) is 80.9 Å². The van der Waals surface area contributed by atoms with E-state index in [1.165, 1.54) is 49.1 Å². The van der Waals surface area contributed by atoms with E-state index < -0.39 is 0 Å². The van der Waals surface area contributed by atoms with Gasteiger partial charge in [0.1, 0.15) is 11.6 Å². The molecule has 0 saturated carbocycles. The summed E-state index contributed by atoms with van der Waals surface area (Å²) in [6.07, 6.45) is 5.52. The van der Waals surface area contributed by atoms with Gasteiger partial charge in [0, 0.05) is 18.0 Å². The molecule has 2 heterocycles. The predicted molar refractivity (Wildman–Crippen MR) is 101 cm³/mol. The van der Waals surface area contributed by atoms with E-state index in [1.807, 2.05) is 12.1 Å². The first-order valence-electron chi connectivity index (χ1n) is 9.68. The number of fused-ring (bicyclic) bond motifs is 1. The van der Waals surface area contributed by atoms with Crippen LogP contribution in [0, 0.1) is 17.6 Å². The van der Waals surface area contributed by atoms with Gasteiger partial charge in [-0.3, -0.25) is 4.90 Å². The van der Waals surface area contributed by atoms with E-state index in [9.17, 15) is 8.78 Å². The Morgan fingerprint density at radius 3 is 2.52 bits per heavy atom. The maximum Gasteiger partial charge on any atom is 0.170 e. The number of likely N-dealkylation sites (tertiary alicyclic amines) is 1. The van der Waals surface area contributed by atoms with Crippen molar-refractivity contribution in [3.8, 4) is 0 Å². The van der Waals surface area contributed by atoms with Crippen molar-refractivity contribution < 1.29 is 13.3 Å². The third kappa shape index (κ3) is 4.53. The molecule has 1 aliphatic heterocycles. The second-order valence-electron chi connectivity index (χ2n) is 7.51. The molecule has 0 aliphatic carbocycles. The summed E-state index contributed by atoms with van der Waals surface area (Å²) < 4.78 is 31.4. The summed E-state index contributed by atoms with van der Waals surface area (Å²) in [6, 6.07) is 11.4. The Morgan fingerprint density at radius 2 is 1.74 bits per heavy atom. The molecule has 1 aliphatic rings. The number of nitrogens with zero attached hydrogens (tertiary/aromatic N) is 2. The highest BCUT2D eigenvalue weighted by Gasteiger charge is 2.19. The minimum Gasteiger partial charge on any atom is -0.356 e. The Hall–Kier alpha value is -2.27. The molecule has 0 radical (unpaired) electrons. The van der Waals surface area contributed by atoms with Crippen LogP contribution in [0.25, 0.3) is 11.0 Å². The van der Waals surface area contributed by atoms with E-state index in [4.69, 9.17) is 4.52 Å². The van der Waals surface area contributed by atoms with Crippen molar-refractivity contribution in [3.63, 3.8) is 0 Å². The van der Waals surface area contributed by atoms with Gasteiger partial charge in [-0.2, -0.15) is 0 Å². The van der Waals surface area contributed by atoms with Crippen LogP contribution in [-0.4, -0.2) is 23.1 Å². The fourth-order valence-corrected chi connectivity index (χ4v) is 3.98. The SMILES string of the molecule is Fc1ccc(CN2CCC(CCCc3noc4cc(F)ccc34)CC2)cc1. The number of hydrogen-bond donors (Lipinski definition) is 0. The fourth-order valence-electron chi connectivity index (χ4n) is 3.98. The molecule has 3 nitrogen and oxygen atoms in total. The lowest BCUT2D eigenvalue weighted by atomic mass is 9.91. The number of piperidine rings is 1. The van der Waals surface area contributed by atoms with Crippen molar-refractivity contribution >= 4 is 11.0 Å². The normalized spacial score (nSPS) is 16.2. The average molecular weight is 370 g/mol. The Kier molecular flexibility index (Phi) is 5.48. The van der Waals surface area contributed by atoms with Crippen molar-refractivity contribution in [2.45, 2.75) is 38.6 Å². The maximum absolute atomic E-state index is 13.2. The molecule has 2 aromatic carbocycles. The summed E-state index contributed by atoms with van der Waals surface area (Å²) in [5.41, 5.74) is 2.63. The lowest BCUT2D eigenvalue weighted by molar-refractivity contribution is 0.171. The Morgan fingerprint density at radius 1 is 1.00 bits per heavy atom. The zero-order valence-corrected chi connectivity index (χ0v) is 15.3. The van der Waals surface area contributed by atoms with Crippen LogP contribution in [0.4, 0.5) is 8.78 Å². The van der Waals surface area contributed by atoms with Gasteiger partial charge < -0.3 is 4.52 Å². The first-order chi connectivity index (χ1) is 13.2. The van der Waals surface area contributed by atoms with E-state index in [2.05, 4.69) is 10.1 Å². The van der Waals surface area contributed by atoms with Crippen LogP contribution in [0.1, 0.15) is 36.9 Å². The van der Waals surface area contributed by atoms with Gasteiger partial charge in [0.15, 0.2) is 5.58 Å². The lowest BCUT2D eigenvalue weighted by Crippen LogP contribution is -2.33. The van der Waals surface area contributed by atoms with Gasteiger partial charge >= 0.3 is 0 Å². The number of aryl methyl sites for hydroxylation is 1. The summed E-state index contributed by atoms with van der Waals surface area (Å²) in [5.74, 6) is 0.269. The van der Waals surface area contributed by atoms with Crippen molar-refractivity contribution in [2.75, 3.05) is 13.1 Å². The van der Waals surface area contributed by atoms with E-state index in [1.54, 1.807) is 6.07 Å². The molecule has 4 rings (SSSR count). The van der Waals surface area contributed by atoms with Crippen LogP contribution in [0.5, 0.6) is 0 Å². The Bertz CT molecular complexity index is 883. The molecule has 5 heteroatoms. The van der Waals surface area contributed by atoms with Crippen LogP contribution in [0.2, 0.25) is 0 Å². The number of aromatic nitrogens is 1. The second kappa shape index (κ2) is 8.17. The van der Waals surface area contributed by atoms with Crippen LogP contribution < -0.4 is 0 Å². The quantitative estimate of drug-likeness (QED) is 0.586. The first-order valence-corrected chi connectivity index (χ1v) is 9.68. The molecule has 0 bridgehead atoms. The van der Waals surface area contributed by atoms with Crippen LogP contribution in [-0.2, 0) is 13.0 Å². The van der Waals surface area contributed by atoms with E-state index in [0.717, 1.165) is 49.5 Å². The van der Waals surface area contributed by atoms with Crippen molar-refractivity contribution in [2.24, 2.45) is 5.92 Å². The zero-order valence-electron chi connectivity index (χ0n) is 15.3. The van der Waals surface area contributed by atoms with Crippen LogP contribution >= 0.6 is 0 Å². The van der Waals surface area contributed by atoms with Gasteiger partial charge in [0.2, 0.25) is 0 Å². The van der Waals surface area contributed by atoms with Crippen LogP contribution in [0.3, 0.4) is 0 Å². The van der Waals surface area contributed by atoms with Gasteiger partial charge in [-0.1, -0.05) is 17.3 Å². The number of halogens is 2. The molecule has 1 aromatic heterocycles. The molecule has 0 atom stereocenters. The van der Waals surface area contributed by atoms with E-state index in [-0.39, 0.29) is 11.6 Å². The van der Waals surface area contributed by atoms with Gasteiger partial charge in [-0.25, -0.2) is 8.78 Å². The standard InChI is InChI=1S/C22H24F2N2O/c23-18-6-4-17(5-7-18)15-26-12-10-16(11-13-26)2-1-3-21-20-9-8-19(24)14-22(20)27-25-21/h4-9,14,16H,1-3,10-13,15H2. The summed E-state index contributed by atoms with van der Waals surface area (Å²) in [5, 5.41) is 5.03. The Balaban J connectivity index is 1.22. The molecule has 142 valence electrons. The van der Waals surface area contributed by atoms with Gasteiger partial charge in [-0.15, -0.1) is 0 Å². The Labute approximate surface area is 158 Å². The highest BCUT2D eigenvalue weighted by atomic mass is 19.1. The minimum absolute atomic E-state index is 0.178. The highest BCUT2D eigenvalue weighted by Crippen LogP contribution is 2.26. The van der Waals surface area contributed by atoms with Crippen molar-refractivity contribution in [1.82, 2.24) is 10.1 Å². The third-order valence-corrected chi connectivity index (χ3v) is 5.56. The van der Waals surface area contributed by atoms with E-state index in [0.29, 0.717) is 5.58 Å². The van der Waals surface area contributed by atoms with E-state index >= 15 is 0 Å². The third-order valence-electron chi connectivity index (χ3n) is 5.56. The first kappa shape index (κ1) is 18.1. The topological polar surface area (TPSA) is 29.3 Å². The maximum atomic E-state index is 13.2. The minimum atomic E-state index is -0.294. The molecule has 1 fully saturated rings. The summed E-state index contributed by atoms with van der Waals surface area (Å²) >= 11 is 0. The molecule has 0 amide bonds.